The van der Waals surface area contributed by atoms with E-state index < -0.39 is 11.7 Å². The van der Waals surface area contributed by atoms with Gasteiger partial charge < -0.3 is 5.32 Å². The van der Waals surface area contributed by atoms with Gasteiger partial charge in [0, 0.05) is 22.2 Å². The first kappa shape index (κ1) is 19.8. The molecule has 0 atom stereocenters. The molecule has 3 rings (SSSR count). The van der Waals surface area contributed by atoms with E-state index in [1.165, 1.54) is 30.4 Å². The number of nitrogens with zero attached hydrogens (tertiary/aromatic N) is 1. The fourth-order valence-electron chi connectivity index (χ4n) is 2.48. The van der Waals surface area contributed by atoms with Crippen LogP contribution in [0.5, 0.6) is 0 Å². The highest BCUT2D eigenvalue weighted by atomic mass is 32.1. The molecule has 0 unspecified atom stereocenters. The summed E-state index contributed by atoms with van der Waals surface area (Å²) in [5.41, 5.74) is 1.48. The van der Waals surface area contributed by atoms with Gasteiger partial charge in [-0.1, -0.05) is 12.1 Å². The Labute approximate surface area is 163 Å². The van der Waals surface area contributed by atoms with Crippen molar-refractivity contribution in [2.24, 2.45) is 0 Å². The quantitative estimate of drug-likeness (QED) is 0.594. The summed E-state index contributed by atoms with van der Waals surface area (Å²) < 4.78 is 37.9. The van der Waals surface area contributed by atoms with Crippen LogP contribution in [0.1, 0.15) is 28.5 Å². The van der Waals surface area contributed by atoms with Gasteiger partial charge in [-0.3, -0.25) is 9.59 Å². The number of carbonyl (C=O) groups is 2. The molecule has 2 aromatic carbocycles. The predicted molar refractivity (Wildman–Crippen MR) is 101 cm³/mol. The number of halogens is 3. The molecule has 0 aliphatic carbocycles. The first-order valence-electron chi connectivity index (χ1n) is 8.25. The number of anilines is 1. The molecule has 8 heteroatoms. The molecular weight excluding hydrogens is 389 g/mol. The van der Waals surface area contributed by atoms with E-state index in [2.05, 4.69) is 10.3 Å². The Balaban J connectivity index is 1.64. The molecular formula is C20H15F3N2O2S. The van der Waals surface area contributed by atoms with Crippen LogP contribution in [0.4, 0.5) is 18.9 Å². The van der Waals surface area contributed by atoms with E-state index >= 15 is 0 Å². The second-order valence-electron chi connectivity index (χ2n) is 6.08. The minimum atomic E-state index is -4.38. The van der Waals surface area contributed by atoms with E-state index in [0.717, 1.165) is 12.1 Å². The molecule has 3 aromatic rings. The second kappa shape index (κ2) is 7.93. The summed E-state index contributed by atoms with van der Waals surface area (Å²) in [5.74, 6) is -0.337. The molecule has 0 radical (unpaired) electrons. The summed E-state index contributed by atoms with van der Waals surface area (Å²) >= 11 is 1.26. The van der Waals surface area contributed by atoms with Gasteiger partial charge in [-0.25, -0.2) is 4.98 Å². The topological polar surface area (TPSA) is 59.1 Å². The van der Waals surface area contributed by atoms with E-state index in [1.54, 1.807) is 29.6 Å². The number of carbonyl (C=O) groups excluding carboxylic acids is 2. The second-order valence-corrected chi connectivity index (χ2v) is 6.94. The molecule has 0 bridgehead atoms. The molecule has 0 aliphatic rings. The zero-order chi connectivity index (χ0) is 20.3. The van der Waals surface area contributed by atoms with Gasteiger partial charge in [-0.15, -0.1) is 11.3 Å². The molecule has 0 aliphatic heterocycles. The van der Waals surface area contributed by atoms with Crippen molar-refractivity contribution in [2.75, 3.05) is 5.32 Å². The molecule has 28 heavy (non-hydrogen) atoms. The SMILES string of the molecule is CC(=O)c1ccc(NC(=O)Cc2csc(-c3ccc(C(F)(F)F)cc3)n2)cc1. The van der Waals surface area contributed by atoms with Crippen LogP contribution in [-0.4, -0.2) is 16.7 Å². The van der Waals surface area contributed by atoms with Crippen LogP contribution in [0.25, 0.3) is 10.6 Å². The summed E-state index contributed by atoms with van der Waals surface area (Å²) in [4.78, 5) is 27.7. The normalized spacial score (nSPS) is 11.3. The molecule has 1 aromatic heterocycles. The van der Waals surface area contributed by atoms with Crippen molar-refractivity contribution in [1.29, 1.82) is 0 Å². The first-order valence-corrected chi connectivity index (χ1v) is 9.13. The summed E-state index contributed by atoms with van der Waals surface area (Å²) in [7, 11) is 0. The Kier molecular flexibility index (Phi) is 5.60. The zero-order valence-electron chi connectivity index (χ0n) is 14.7. The molecule has 0 saturated heterocycles. The average molecular weight is 404 g/mol. The number of rotatable bonds is 5. The van der Waals surface area contributed by atoms with Crippen LogP contribution < -0.4 is 5.32 Å². The summed E-state index contributed by atoms with van der Waals surface area (Å²) in [6.07, 6.45) is -4.35. The van der Waals surface area contributed by atoms with Crippen molar-refractivity contribution < 1.29 is 22.8 Å². The van der Waals surface area contributed by atoms with E-state index in [-0.39, 0.29) is 18.1 Å². The zero-order valence-corrected chi connectivity index (χ0v) is 15.5. The van der Waals surface area contributed by atoms with Crippen molar-refractivity contribution in [3.63, 3.8) is 0 Å². The minimum Gasteiger partial charge on any atom is -0.326 e. The van der Waals surface area contributed by atoms with E-state index in [4.69, 9.17) is 0 Å². The monoisotopic (exact) mass is 404 g/mol. The number of benzene rings is 2. The van der Waals surface area contributed by atoms with Crippen LogP contribution in [0.2, 0.25) is 0 Å². The maximum atomic E-state index is 12.6. The molecule has 0 fully saturated rings. The molecule has 1 heterocycles. The number of ketones is 1. The molecule has 1 N–H and O–H groups in total. The van der Waals surface area contributed by atoms with E-state index in [0.29, 0.717) is 27.5 Å². The third-order valence-electron chi connectivity index (χ3n) is 3.93. The molecule has 1 amide bonds. The first-order chi connectivity index (χ1) is 13.2. The number of alkyl halides is 3. The van der Waals surface area contributed by atoms with Gasteiger partial charge in [0.15, 0.2) is 5.78 Å². The number of Topliss-reactive ketones (excluding diaryl/α,β-unsaturated/α-hetero) is 1. The van der Waals surface area contributed by atoms with Crippen molar-refractivity contribution in [2.45, 2.75) is 19.5 Å². The maximum Gasteiger partial charge on any atom is 0.416 e. The van der Waals surface area contributed by atoms with Gasteiger partial charge in [0.05, 0.1) is 17.7 Å². The Bertz CT molecular complexity index is 994. The van der Waals surface area contributed by atoms with Gasteiger partial charge in [0.2, 0.25) is 5.91 Å². The summed E-state index contributed by atoms with van der Waals surface area (Å²) in [5, 5.41) is 4.96. The fraction of sp³-hybridized carbons (Fsp3) is 0.150. The van der Waals surface area contributed by atoms with Crippen LogP contribution in [0.15, 0.2) is 53.9 Å². The Hall–Kier alpha value is -3.00. The highest BCUT2D eigenvalue weighted by Crippen LogP contribution is 2.31. The largest absolute Gasteiger partial charge is 0.416 e. The van der Waals surface area contributed by atoms with E-state index in [1.807, 2.05) is 0 Å². The highest BCUT2D eigenvalue weighted by molar-refractivity contribution is 7.13. The lowest BCUT2D eigenvalue weighted by Gasteiger charge is -2.06. The highest BCUT2D eigenvalue weighted by Gasteiger charge is 2.30. The van der Waals surface area contributed by atoms with Gasteiger partial charge >= 0.3 is 6.18 Å². The lowest BCUT2D eigenvalue weighted by molar-refractivity contribution is -0.137. The Morgan fingerprint density at radius 1 is 1.04 bits per heavy atom. The van der Waals surface area contributed by atoms with Crippen molar-refractivity contribution in [3.8, 4) is 10.6 Å². The van der Waals surface area contributed by atoms with Gasteiger partial charge in [-0.2, -0.15) is 13.2 Å². The lowest BCUT2D eigenvalue weighted by atomic mass is 10.1. The maximum absolute atomic E-state index is 12.6. The fourth-order valence-corrected chi connectivity index (χ4v) is 3.31. The van der Waals surface area contributed by atoms with E-state index in [9.17, 15) is 22.8 Å². The molecule has 0 spiro atoms. The molecule has 0 saturated carbocycles. The summed E-state index contributed by atoms with van der Waals surface area (Å²) in [6.45, 7) is 1.46. The number of aromatic nitrogens is 1. The standard InChI is InChI=1S/C20H15F3N2O2S/c1-12(26)13-4-8-16(9-5-13)24-18(27)10-17-11-28-19(25-17)14-2-6-15(7-3-14)20(21,22)23/h2-9,11H,10H2,1H3,(H,24,27). The number of hydrogen-bond acceptors (Lipinski definition) is 4. The van der Waals surface area contributed by atoms with Crippen LogP contribution in [0, 0.1) is 0 Å². The van der Waals surface area contributed by atoms with Gasteiger partial charge in [0.25, 0.3) is 0 Å². The smallest absolute Gasteiger partial charge is 0.326 e. The van der Waals surface area contributed by atoms with Crippen LogP contribution >= 0.6 is 11.3 Å². The van der Waals surface area contributed by atoms with Crippen LogP contribution in [-0.2, 0) is 17.4 Å². The predicted octanol–water partition coefficient (Wildman–Crippen LogP) is 5.21. The average Bonchev–Trinajstić information content (AvgIpc) is 3.10. The van der Waals surface area contributed by atoms with Crippen molar-refractivity contribution in [1.82, 2.24) is 4.98 Å². The van der Waals surface area contributed by atoms with Gasteiger partial charge in [-0.05, 0) is 43.3 Å². The Morgan fingerprint density at radius 3 is 2.25 bits per heavy atom. The molecule has 4 nitrogen and oxygen atoms in total. The summed E-state index contributed by atoms with van der Waals surface area (Å²) in [6, 6.07) is 11.3. The number of hydrogen-bond donors (Lipinski definition) is 1. The van der Waals surface area contributed by atoms with Crippen molar-refractivity contribution in [3.05, 3.63) is 70.7 Å². The number of amides is 1. The number of thiazole rings is 1. The minimum absolute atomic E-state index is 0.0333. The third-order valence-corrected chi connectivity index (χ3v) is 4.87. The van der Waals surface area contributed by atoms with Gasteiger partial charge in [0.1, 0.15) is 5.01 Å². The molecule has 144 valence electrons. The third kappa shape index (κ3) is 4.83. The van der Waals surface area contributed by atoms with Crippen molar-refractivity contribution >= 4 is 28.7 Å². The lowest BCUT2D eigenvalue weighted by Crippen LogP contribution is -2.14. The Morgan fingerprint density at radius 2 is 1.68 bits per heavy atom. The van der Waals surface area contributed by atoms with Crippen LogP contribution in [0.3, 0.4) is 0 Å². The number of nitrogens with one attached hydrogen (secondary N) is 1.